The van der Waals surface area contributed by atoms with Crippen molar-refractivity contribution < 1.29 is 8.42 Å². The first-order valence-electron chi connectivity index (χ1n) is 7.88. The molecule has 1 aromatic carbocycles. The van der Waals surface area contributed by atoms with Gasteiger partial charge in [0.25, 0.3) is 0 Å². The topological polar surface area (TPSA) is 63.2 Å². The zero-order valence-electron chi connectivity index (χ0n) is 13.2. The Bertz CT molecular complexity index is 879. The van der Waals surface area contributed by atoms with Crippen LogP contribution >= 0.6 is 0 Å². The van der Waals surface area contributed by atoms with Gasteiger partial charge < -0.3 is 0 Å². The molecule has 0 N–H and O–H groups in total. The van der Waals surface area contributed by atoms with Crippen LogP contribution in [0, 0.1) is 13.8 Å². The van der Waals surface area contributed by atoms with Crippen molar-refractivity contribution in [1.82, 2.24) is 14.3 Å². The molecule has 3 heterocycles. The van der Waals surface area contributed by atoms with Crippen LogP contribution in [-0.2, 0) is 16.4 Å². The highest BCUT2D eigenvalue weighted by Crippen LogP contribution is 2.46. The summed E-state index contributed by atoms with van der Waals surface area (Å²) in [5.74, 6) is 0. The van der Waals surface area contributed by atoms with Crippen LogP contribution in [0.4, 0.5) is 0 Å². The van der Waals surface area contributed by atoms with E-state index in [1.54, 1.807) is 22.9 Å². The molecule has 0 amide bonds. The number of rotatable bonds is 2. The van der Waals surface area contributed by atoms with Gasteiger partial charge in [0, 0.05) is 24.2 Å². The van der Waals surface area contributed by atoms with Crippen LogP contribution in [0.2, 0.25) is 0 Å². The fraction of sp³-hybridized carbons (Fsp3) is 0.412. The average molecular weight is 329 g/mol. The van der Waals surface area contributed by atoms with E-state index in [1.165, 1.54) is 0 Å². The molecule has 120 valence electrons. The van der Waals surface area contributed by atoms with Gasteiger partial charge in [0.05, 0.1) is 16.6 Å². The number of aryl methyl sites for hydroxylation is 2. The van der Waals surface area contributed by atoms with Crippen molar-refractivity contribution in [2.24, 2.45) is 0 Å². The second-order valence-electron chi connectivity index (χ2n) is 6.48. The van der Waals surface area contributed by atoms with E-state index < -0.39 is 10.0 Å². The van der Waals surface area contributed by atoms with Gasteiger partial charge in [0.2, 0.25) is 10.0 Å². The SMILES string of the molecule is Cc1ccc(S(=O)(=O)N2C3CCC2c2cncnc2C3)c(C)c1. The number of hydrogen-bond donors (Lipinski definition) is 0. The van der Waals surface area contributed by atoms with E-state index in [0.29, 0.717) is 11.3 Å². The average Bonchev–Trinajstić information content (AvgIpc) is 2.84. The van der Waals surface area contributed by atoms with Crippen molar-refractivity contribution >= 4 is 10.0 Å². The Hall–Kier alpha value is -1.79. The molecule has 0 radical (unpaired) electrons. The van der Waals surface area contributed by atoms with Crippen molar-refractivity contribution in [1.29, 1.82) is 0 Å². The molecule has 4 rings (SSSR count). The van der Waals surface area contributed by atoms with Crippen LogP contribution in [0.1, 0.15) is 41.3 Å². The van der Waals surface area contributed by atoms with E-state index in [-0.39, 0.29) is 12.1 Å². The first-order chi connectivity index (χ1) is 11.0. The molecule has 0 spiro atoms. The van der Waals surface area contributed by atoms with E-state index >= 15 is 0 Å². The van der Waals surface area contributed by atoms with E-state index in [2.05, 4.69) is 9.97 Å². The molecule has 2 aromatic rings. The van der Waals surface area contributed by atoms with Crippen LogP contribution in [0.3, 0.4) is 0 Å². The molecule has 2 unspecified atom stereocenters. The minimum absolute atomic E-state index is 0.00750. The third-order valence-electron chi connectivity index (χ3n) is 4.94. The lowest BCUT2D eigenvalue weighted by Crippen LogP contribution is -2.42. The van der Waals surface area contributed by atoms with Gasteiger partial charge in [-0.25, -0.2) is 18.4 Å². The van der Waals surface area contributed by atoms with Crippen molar-refractivity contribution in [3.8, 4) is 0 Å². The Morgan fingerprint density at radius 2 is 2.04 bits per heavy atom. The quantitative estimate of drug-likeness (QED) is 0.849. The maximum absolute atomic E-state index is 13.3. The van der Waals surface area contributed by atoms with E-state index in [4.69, 9.17) is 0 Å². The molecule has 1 saturated heterocycles. The summed E-state index contributed by atoms with van der Waals surface area (Å²) in [6.07, 6.45) is 5.73. The highest BCUT2D eigenvalue weighted by atomic mass is 32.2. The van der Waals surface area contributed by atoms with Crippen LogP contribution in [0.5, 0.6) is 0 Å². The summed E-state index contributed by atoms with van der Waals surface area (Å²) in [6.45, 7) is 3.84. The molecule has 1 aromatic heterocycles. The Morgan fingerprint density at radius 3 is 2.83 bits per heavy atom. The number of nitrogens with zero attached hydrogens (tertiary/aromatic N) is 3. The predicted molar refractivity (Wildman–Crippen MR) is 86.4 cm³/mol. The number of sulfonamides is 1. The zero-order chi connectivity index (χ0) is 16.2. The predicted octanol–water partition coefficient (Wildman–Crippen LogP) is 2.54. The summed E-state index contributed by atoms with van der Waals surface area (Å²) in [5, 5.41) is 0. The molecule has 5 nitrogen and oxygen atoms in total. The molecule has 2 bridgehead atoms. The molecule has 2 aliphatic heterocycles. The van der Waals surface area contributed by atoms with Gasteiger partial charge in [0.15, 0.2) is 0 Å². The van der Waals surface area contributed by atoms with Crippen molar-refractivity contribution in [2.45, 2.75) is 50.1 Å². The summed E-state index contributed by atoms with van der Waals surface area (Å²) < 4.78 is 28.3. The van der Waals surface area contributed by atoms with E-state index in [0.717, 1.165) is 35.2 Å². The van der Waals surface area contributed by atoms with Gasteiger partial charge >= 0.3 is 0 Å². The second-order valence-corrected chi connectivity index (χ2v) is 8.29. The van der Waals surface area contributed by atoms with Crippen LogP contribution in [-0.4, -0.2) is 28.7 Å². The monoisotopic (exact) mass is 329 g/mol. The number of benzene rings is 1. The first kappa shape index (κ1) is 14.8. The third kappa shape index (κ3) is 2.20. The summed E-state index contributed by atoms with van der Waals surface area (Å²) in [7, 11) is -3.51. The molecule has 2 aliphatic rings. The fourth-order valence-electron chi connectivity index (χ4n) is 3.95. The Kier molecular flexibility index (Phi) is 3.28. The molecule has 6 heteroatoms. The third-order valence-corrected chi connectivity index (χ3v) is 7.06. The largest absolute Gasteiger partial charge is 0.244 e. The van der Waals surface area contributed by atoms with Gasteiger partial charge in [0.1, 0.15) is 6.33 Å². The van der Waals surface area contributed by atoms with Crippen LogP contribution in [0.15, 0.2) is 35.6 Å². The van der Waals surface area contributed by atoms with Gasteiger partial charge in [-0.1, -0.05) is 17.7 Å². The highest BCUT2D eigenvalue weighted by molar-refractivity contribution is 7.89. The Labute approximate surface area is 136 Å². The lowest BCUT2D eigenvalue weighted by Gasteiger charge is -2.34. The molecule has 1 fully saturated rings. The summed E-state index contributed by atoms with van der Waals surface area (Å²) in [6, 6.07) is 5.40. The first-order valence-corrected chi connectivity index (χ1v) is 9.32. The van der Waals surface area contributed by atoms with Gasteiger partial charge in [-0.15, -0.1) is 0 Å². The molecular formula is C17H19N3O2S. The fourth-order valence-corrected chi connectivity index (χ4v) is 6.01. The molecule has 0 aliphatic carbocycles. The summed E-state index contributed by atoms with van der Waals surface area (Å²) in [5.41, 5.74) is 3.84. The minimum Gasteiger partial charge on any atom is -0.244 e. The Morgan fingerprint density at radius 1 is 1.22 bits per heavy atom. The summed E-state index contributed by atoms with van der Waals surface area (Å²) in [4.78, 5) is 8.86. The molecular weight excluding hydrogens is 310 g/mol. The normalized spacial score (nSPS) is 23.7. The summed E-state index contributed by atoms with van der Waals surface area (Å²) >= 11 is 0. The van der Waals surface area contributed by atoms with Gasteiger partial charge in [-0.05, 0) is 38.3 Å². The second kappa shape index (κ2) is 5.11. The maximum atomic E-state index is 13.3. The van der Waals surface area contributed by atoms with E-state index in [1.807, 2.05) is 26.0 Å². The lowest BCUT2D eigenvalue weighted by molar-refractivity contribution is 0.300. The molecule has 0 saturated carbocycles. The van der Waals surface area contributed by atoms with Crippen LogP contribution < -0.4 is 0 Å². The number of hydrogen-bond acceptors (Lipinski definition) is 4. The maximum Gasteiger partial charge on any atom is 0.244 e. The minimum atomic E-state index is -3.51. The molecule has 2 atom stereocenters. The standard InChI is InChI=1S/C17H19N3O2S/c1-11-3-6-17(12(2)7-11)23(21,22)20-13-4-5-16(20)14-9-18-10-19-15(14)8-13/h3,6-7,9-10,13,16H,4-5,8H2,1-2H3. The highest BCUT2D eigenvalue weighted by Gasteiger charge is 2.47. The van der Waals surface area contributed by atoms with E-state index in [9.17, 15) is 8.42 Å². The smallest absolute Gasteiger partial charge is 0.244 e. The van der Waals surface area contributed by atoms with Gasteiger partial charge in [-0.2, -0.15) is 4.31 Å². The van der Waals surface area contributed by atoms with Gasteiger partial charge in [-0.3, -0.25) is 0 Å². The number of fused-ring (bicyclic) bond motifs is 4. The zero-order valence-corrected chi connectivity index (χ0v) is 14.0. The molecule has 23 heavy (non-hydrogen) atoms. The lowest BCUT2D eigenvalue weighted by atomic mass is 10.0. The Balaban J connectivity index is 1.82. The van der Waals surface area contributed by atoms with Crippen molar-refractivity contribution in [3.05, 3.63) is 53.1 Å². The van der Waals surface area contributed by atoms with Crippen LogP contribution in [0.25, 0.3) is 0 Å². The van der Waals surface area contributed by atoms with Crippen molar-refractivity contribution in [2.75, 3.05) is 0 Å². The van der Waals surface area contributed by atoms with Crippen molar-refractivity contribution in [3.63, 3.8) is 0 Å². The number of aromatic nitrogens is 2.